The molecular formula is C19H12F3N3O. The lowest BCUT2D eigenvalue weighted by Gasteiger charge is -2.10. The first-order chi connectivity index (χ1) is 12.5. The van der Waals surface area contributed by atoms with Gasteiger partial charge in [0, 0.05) is 11.1 Å². The number of benzene rings is 2. The highest BCUT2D eigenvalue weighted by Crippen LogP contribution is 2.28. The third-order valence-corrected chi connectivity index (χ3v) is 3.80. The molecule has 0 radical (unpaired) electrons. The van der Waals surface area contributed by atoms with Gasteiger partial charge in [0.15, 0.2) is 5.65 Å². The minimum absolute atomic E-state index is 0.288. The Morgan fingerprint density at radius 3 is 2.38 bits per heavy atom. The fraction of sp³-hybridized carbons (Fsp3) is 0.0526. The molecule has 4 rings (SSSR count). The van der Waals surface area contributed by atoms with Gasteiger partial charge < -0.3 is 4.74 Å². The van der Waals surface area contributed by atoms with Crippen molar-refractivity contribution in [3.8, 4) is 28.3 Å². The fourth-order valence-corrected chi connectivity index (χ4v) is 2.69. The van der Waals surface area contributed by atoms with Crippen LogP contribution < -0.4 is 4.74 Å². The van der Waals surface area contributed by atoms with Gasteiger partial charge in [-0.1, -0.05) is 42.5 Å². The second kappa shape index (κ2) is 6.18. The van der Waals surface area contributed by atoms with Crippen molar-refractivity contribution in [2.75, 3.05) is 0 Å². The molecule has 2 aromatic carbocycles. The molecule has 0 atom stereocenters. The van der Waals surface area contributed by atoms with E-state index < -0.39 is 6.36 Å². The number of imidazole rings is 1. The average molecular weight is 355 g/mol. The topological polar surface area (TPSA) is 39.4 Å². The maximum atomic E-state index is 12.5. The van der Waals surface area contributed by atoms with E-state index in [1.54, 1.807) is 16.8 Å². The van der Waals surface area contributed by atoms with Crippen LogP contribution in [0.25, 0.3) is 28.2 Å². The summed E-state index contributed by atoms with van der Waals surface area (Å²) in [7, 11) is 0. The van der Waals surface area contributed by atoms with Crippen LogP contribution in [-0.2, 0) is 0 Å². The zero-order valence-electron chi connectivity index (χ0n) is 13.3. The molecule has 0 N–H and O–H groups in total. The minimum Gasteiger partial charge on any atom is -0.406 e. The molecule has 2 heterocycles. The molecule has 0 aliphatic heterocycles. The molecule has 0 aliphatic carbocycles. The minimum atomic E-state index is -4.74. The van der Waals surface area contributed by atoms with Gasteiger partial charge in [-0.25, -0.2) is 9.50 Å². The van der Waals surface area contributed by atoms with Crippen molar-refractivity contribution in [1.82, 2.24) is 14.6 Å². The molecule has 130 valence electrons. The smallest absolute Gasteiger partial charge is 0.406 e. The summed E-state index contributed by atoms with van der Waals surface area (Å²) < 4.78 is 43.0. The molecule has 2 aromatic heterocycles. The van der Waals surface area contributed by atoms with Gasteiger partial charge in [0.05, 0.1) is 17.6 Å². The van der Waals surface area contributed by atoms with Crippen LogP contribution in [-0.4, -0.2) is 21.0 Å². The third-order valence-electron chi connectivity index (χ3n) is 3.80. The highest BCUT2D eigenvalue weighted by atomic mass is 19.4. The largest absolute Gasteiger partial charge is 0.573 e. The summed E-state index contributed by atoms with van der Waals surface area (Å²) in [5.74, 6) is -0.288. The van der Waals surface area contributed by atoms with Crippen molar-refractivity contribution >= 4 is 5.65 Å². The molecule has 4 nitrogen and oxygen atoms in total. The van der Waals surface area contributed by atoms with E-state index in [-0.39, 0.29) is 5.75 Å². The Bertz CT molecular complexity index is 1060. The summed E-state index contributed by atoms with van der Waals surface area (Å²) >= 11 is 0. The van der Waals surface area contributed by atoms with Crippen molar-refractivity contribution in [1.29, 1.82) is 0 Å². The Labute approximate surface area is 146 Å². The van der Waals surface area contributed by atoms with Gasteiger partial charge in [-0.15, -0.1) is 13.2 Å². The fourth-order valence-electron chi connectivity index (χ4n) is 2.69. The Balaban J connectivity index is 1.79. The van der Waals surface area contributed by atoms with E-state index in [0.29, 0.717) is 16.9 Å². The van der Waals surface area contributed by atoms with Crippen LogP contribution in [0.1, 0.15) is 0 Å². The maximum Gasteiger partial charge on any atom is 0.573 e. The number of nitrogens with zero attached hydrogens (tertiary/aromatic N) is 3. The van der Waals surface area contributed by atoms with Gasteiger partial charge in [0.25, 0.3) is 0 Å². The number of rotatable bonds is 3. The van der Waals surface area contributed by atoms with Crippen LogP contribution >= 0.6 is 0 Å². The van der Waals surface area contributed by atoms with Crippen LogP contribution in [0.3, 0.4) is 0 Å². The molecule has 0 fully saturated rings. The predicted octanol–water partition coefficient (Wildman–Crippen LogP) is 4.96. The standard InChI is InChI=1S/C19H12F3N3O/c20-19(21,22)26-15-8-4-7-14(11-15)17-12-23-18-10-9-16(24-25(17)18)13-5-2-1-3-6-13/h1-12H. The summed E-state index contributed by atoms with van der Waals surface area (Å²) in [6, 6.07) is 19.0. The molecule has 0 saturated carbocycles. The molecular weight excluding hydrogens is 343 g/mol. The average Bonchev–Trinajstić information content (AvgIpc) is 3.04. The second-order valence-corrected chi connectivity index (χ2v) is 5.57. The first-order valence-electron chi connectivity index (χ1n) is 7.76. The van der Waals surface area contributed by atoms with Gasteiger partial charge in [-0.05, 0) is 24.3 Å². The second-order valence-electron chi connectivity index (χ2n) is 5.57. The van der Waals surface area contributed by atoms with Crippen LogP contribution in [0.15, 0.2) is 72.9 Å². The lowest BCUT2D eigenvalue weighted by atomic mass is 10.1. The van der Waals surface area contributed by atoms with Crippen LogP contribution in [0.4, 0.5) is 13.2 Å². The van der Waals surface area contributed by atoms with E-state index >= 15 is 0 Å². The third kappa shape index (κ3) is 3.23. The molecule has 0 spiro atoms. The van der Waals surface area contributed by atoms with Crippen molar-refractivity contribution in [3.05, 3.63) is 72.9 Å². The van der Waals surface area contributed by atoms with Crippen LogP contribution in [0.2, 0.25) is 0 Å². The van der Waals surface area contributed by atoms with Gasteiger partial charge in [0.1, 0.15) is 5.75 Å². The van der Waals surface area contributed by atoms with E-state index in [2.05, 4.69) is 14.8 Å². The SMILES string of the molecule is FC(F)(F)Oc1cccc(-c2cnc3ccc(-c4ccccc4)nn23)c1. The van der Waals surface area contributed by atoms with E-state index in [0.717, 1.165) is 11.3 Å². The maximum absolute atomic E-state index is 12.5. The van der Waals surface area contributed by atoms with Crippen molar-refractivity contribution in [2.24, 2.45) is 0 Å². The number of ether oxygens (including phenoxy) is 1. The van der Waals surface area contributed by atoms with Crippen molar-refractivity contribution in [3.63, 3.8) is 0 Å². The Morgan fingerprint density at radius 2 is 1.62 bits per heavy atom. The Morgan fingerprint density at radius 1 is 0.846 bits per heavy atom. The molecule has 26 heavy (non-hydrogen) atoms. The zero-order chi connectivity index (χ0) is 18.1. The highest BCUT2D eigenvalue weighted by Gasteiger charge is 2.31. The molecule has 4 aromatic rings. The van der Waals surface area contributed by atoms with Gasteiger partial charge in [-0.3, -0.25) is 0 Å². The summed E-state index contributed by atoms with van der Waals surface area (Å²) in [5.41, 5.74) is 3.37. The number of aromatic nitrogens is 3. The Kier molecular flexibility index (Phi) is 3.84. The number of hydrogen-bond donors (Lipinski definition) is 0. The number of halogens is 3. The monoisotopic (exact) mass is 355 g/mol. The molecule has 0 amide bonds. The number of fused-ring (bicyclic) bond motifs is 1. The summed E-state index contributed by atoms with van der Waals surface area (Å²) in [6.07, 6.45) is -3.17. The van der Waals surface area contributed by atoms with Gasteiger partial charge in [0.2, 0.25) is 0 Å². The van der Waals surface area contributed by atoms with Gasteiger partial charge in [-0.2, -0.15) is 5.10 Å². The van der Waals surface area contributed by atoms with E-state index in [4.69, 9.17) is 0 Å². The predicted molar refractivity (Wildman–Crippen MR) is 90.5 cm³/mol. The lowest BCUT2D eigenvalue weighted by Crippen LogP contribution is -2.17. The van der Waals surface area contributed by atoms with Crippen LogP contribution in [0.5, 0.6) is 5.75 Å². The Hall–Kier alpha value is -3.35. The summed E-state index contributed by atoms with van der Waals surface area (Å²) in [4.78, 5) is 4.27. The molecule has 0 saturated heterocycles. The normalized spacial score (nSPS) is 11.7. The summed E-state index contributed by atoms with van der Waals surface area (Å²) in [5, 5.41) is 4.58. The van der Waals surface area contributed by atoms with E-state index in [9.17, 15) is 13.2 Å². The molecule has 7 heteroatoms. The van der Waals surface area contributed by atoms with Crippen LogP contribution in [0, 0.1) is 0 Å². The first-order valence-corrected chi connectivity index (χ1v) is 7.76. The first kappa shape index (κ1) is 16.1. The zero-order valence-corrected chi connectivity index (χ0v) is 13.3. The highest BCUT2D eigenvalue weighted by molar-refractivity contribution is 5.66. The molecule has 0 aliphatic rings. The lowest BCUT2D eigenvalue weighted by molar-refractivity contribution is -0.274. The summed E-state index contributed by atoms with van der Waals surface area (Å²) in [6.45, 7) is 0. The van der Waals surface area contributed by atoms with Crippen molar-refractivity contribution in [2.45, 2.75) is 6.36 Å². The van der Waals surface area contributed by atoms with E-state index in [1.165, 1.54) is 18.2 Å². The molecule has 0 bridgehead atoms. The molecule has 0 unspecified atom stereocenters. The quantitative estimate of drug-likeness (QED) is 0.521. The van der Waals surface area contributed by atoms with Crippen molar-refractivity contribution < 1.29 is 17.9 Å². The number of hydrogen-bond acceptors (Lipinski definition) is 3. The van der Waals surface area contributed by atoms with Gasteiger partial charge >= 0.3 is 6.36 Å². The van der Waals surface area contributed by atoms with E-state index in [1.807, 2.05) is 42.5 Å². The number of alkyl halides is 3.